The molecule has 4 heteroatoms. The molecule has 3 heterocycles. The summed E-state index contributed by atoms with van der Waals surface area (Å²) in [5.41, 5.74) is 1.79. The molecule has 4 nitrogen and oxygen atoms in total. The Hall–Kier alpha value is -2.36. The summed E-state index contributed by atoms with van der Waals surface area (Å²) in [7, 11) is 0. The maximum Gasteiger partial charge on any atom is 0.213 e. The van der Waals surface area contributed by atoms with Gasteiger partial charge in [-0.05, 0) is 45.0 Å². The first-order valence-electron chi connectivity index (χ1n) is 8.01. The van der Waals surface area contributed by atoms with E-state index in [4.69, 9.17) is 9.73 Å². The zero-order valence-corrected chi connectivity index (χ0v) is 13.7. The summed E-state index contributed by atoms with van der Waals surface area (Å²) in [6.07, 6.45) is 1.85. The van der Waals surface area contributed by atoms with Crippen LogP contribution in [0.4, 0.5) is 5.69 Å². The Kier molecular flexibility index (Phi) is 2.98. The van der Waals surface area contributed by atoms with Crippen LogP contribution >= 0.6 is 0 Å². The molecular formula is C19H21N3O. The van der Waals surface area contributed by atoms with Gasteiger partial charge in [0, 0.05) is 11.9 Å². The van der Waals surface area contributed by atoms with Crippen LogP contribution in [0.1, 0.15) is 32.5 Å². The number of benzene rings is 1. The van der Waals surface area contributed by atoms with Crippen molar-refractivity contribution < 1.29 is 4.74 Å². The molecule has 0 aliphatic carbocycles. The van der Waals surface area contributed by atoms with Gasteiger partial charge >= 0.3 is 0 Å². The summed E-state index contributed by atoms with van der Waals surface area (Å²) in [6.45, 7) is 7.04. The van der Waals surface area contributed by atoms with Crippen LogP contribution in [0.15, 0.2) is 59.7 Å². The molecule has 1 unspecified atom stereocenters. The van der Waals surface area contributed by atoms with E-state index in [0.29, 0.717) is 6.61 Å². The third kappa shape index (κ3) is 2.21. The van der Waals surface area contributed by atoms with Crippen LogP contribution in [-0.2, 0) is 4.74 Å². The molecule has 4 rings (SSSR count). The van der Waals surface area contributed by atoms with Crippen molar-refractivity contribution in [3.05, 3.63) is 60.4 Å². The van der Waals surface area contributed by atoms with E-state index in [0.717, 1.165) is 11.6 Å². The standard InChI is InChI=1S/C19H21N3O/c1-18(2)13-23-17(21-18)19(3)16(15-11-7-8-12-20-15)22(19)14-9-5-4-6-10-14/h4-12,16H,13H2,1-3H3/t16-,19?,22?/m0/s1. The molecule has 2 aromatic rings. The first kappa shape index (κ1) is 14.2. The van der Waals surface area contributed by atoms with Crippen LogP contribution in [0.3, 0.4) is 0 Å². The highest BCUT2D eigenvalue weighted by atomic mass is 16.5. The zero-order chi connectivity index (χ0) is 16.1. The Balaban J connectivity index is 1.77. The molecule has 0 spiro atoms. The third-order valence-corrected chi connectivity index (χ3v) is 4.62. The lowest BCUT2D eigenvalue weighted by Gasteiger charge is -2.12. The van der Waals surface area contributed by atoms with Gasteiger partial charge in [0.05, 0.1) is 11.2 Å². The van der Waals surface area contributed by atoms with Crippen molar-refractivity contribution in [2.45, 2.75) is 37.9 Å². The number of ether oxygens (including phenoxy) is 1. The molecule has 1 aromatic heterocycles. The Morgan fingerprint density at radius 2 is 1.78 bits per heavy atom. The number of aromatic nitrogens is 1. The molecular weight excluding hydrogens is 286 g/mol. The molecule has 0 N–H and O–H groups in total. The predicted molar refractivity (Wildman–Crippen MR) is 91.8 cm³/mol. The molecule has 0 radical (unpaired) electrons. The molecule has 2 aliphatic rings. The van der Waals surface area contributed by atoms with Gasteiger partial charge in [0.2, 0.25) is 5.90 Å². The third-order valence-electron chi connectivity index (χ3n) is 4.62. The summed E-state index contributed by atoms with van der Waals surface area (Å²) in [4.78, 5) is 11.7. The van der Waals surface area contributed by atoms with Crippen molar-refractivity contribution >= 4 is 11.6 Å². The number of aliphatic imine (C=N–C) groups is 1. The summed E-state index contributed by atoms with van der Waals surface area (Å²) in [5, 5.41) is 0. The fourth-order valence-corrected chi connectivity index (χ4v) is 3.42. The minimum absolute atomic E-state index is 0.152. The predicted octanol–water partition coefficient (Wildman–Crippen LogP) is 3.61. The van der Waals surface area contributed by atoms with E-state index in [2.05, 4.69) is 61.0 Å². The Labute approximate surface area is 136 Å². The van der Waals surface area contributed by atoms with Crippen molar-refractivity contribution in [3.63, 3.8) is 0 Å². The van der Waals surface area contributed by atoms with Gasteiger partial charge in [0.15, 0.2) is 0 Å². The van der Waals surface area contributed by atoms with Crippen LogP contribution in [0.25, 0.3) is 0 Å². The Morgan fingerprint density at radius 3 is 2.39 bits per heavy atom. The smallest absolute Gasteiger partial charge is 0.213 e. The second-order valence-electron chi connectivity index (χ2n) is 7.03. The lowest BCUT2D eigenvalue weighted by molar-refractivity contribution is 0.270. The van der Waals surface area contributed by atoms with E-state index in [1.54, 1.807) is 0 Å². The molecule has 0 amide bonds. The van der Waals surface area contributed by atoms with E-state index in [-0.39, 0.29) is 17.1 Å². The summed E-state index contributed by atoms with van der Waals surface area (Å²) in [5.74, 6) is 0.821. The Bertz CT molecular complexity index is 694. The maximum absolute atomic E-state index is 5.98. The fourth-order valence-electron chi connectivity index (χ4n) is 3.42. The van der Waals surface area contributed by atoms with Crippen LogP contribution in [-0.4, -0.2) is 28.6 Å². The molecule has 118 valence electrons. The SMILES string of the molecule is CC1(C)COC(C2(C)[C@H](c3ccccn3)N2c2ccccc2)=N1. The molecule has 0 bridgehead atoms. The number of pyridine rings is 1. The van der Waals surface area contributed by atoms with Gasteiger partial charge in [-0.1, -0.05) is 24.3 Å². The van der Waals surface area contributed by atoms with Crippen molar-refractivity contribution in [3.8, 4) is 0 Å². The number of para-hydroxylation sites is 1. The monoisotopic (exact) mass is 307 g/mol. The van der Waals surface area contributed by atoms with Crippen LogP contribution in [0, 0.1) is 0 Å². The topological polar surface area (TPSA) is 37.5 Å². The van der Waals surface area contributed by atoms with E-state index in [1.807, 2.05) is 24.4 Å². The van der Waals surface area contributed by atoms with Gasteiger partial charge in [0.25, 0.3) is 0 Å². The van der Waals surface area contributed by atoms with E-state index >= 15 is 0 Å². The first-order chi connectivity index (χ1) is 11.0. The lowest BCUT2D eigenvalue weighted by atomic mass is 10.0. The molecule has 2 aliphatic heterocycles. The number of hydrogen-bond acceptors (Lipinski definition) is 4. The fraction of sp³-hybridized carbons (Fsp3) is 0.368. The minimum Gasteiger partial charge on any atom is -0.477 e. The van der Waals surface area contributed by atoms with Crippen LogP contribution in [0.5, 0.6) is 0 Å². The van der Waals surface area contributed by atoms with E-state index < -0.39 is 0 Å². The first-order valence-corrected chi connectivity index (χ1v) is 8.01. The quantitative estimate of drug-likeness (QED) is 0.813. The van der Waals surface area contributed by atoms with Crippen molar-refractivity contribution in [2.75, 3.05) is 11.5 Å². The lowest BCUT2D eigenvalue weighted by Crippen LogP contribution is -2.26. The van der Waals surface area contributed by atoms with E-state index in [9.17, 15) is 0 Å². The second kappa shape index (κ2) is 4.82. The average Bonchev–Trinajstić information content (AvgIpc) is 3.03. The van der Waals surface area contributed by atoms with Gasteiger partial charge in [0.1, 0.15) is 18.2 Å². The van der Waals surface area contributed by atoms with E-state index in [1.165, 1.54) is 5.69 Å². The largest absolute Gasteiger partial charge is 0.477 e. The normalized spacial score (nSPS) is 28.2. The average molecular weight is 307 g/mol. The molecule has 23 heavy (non-hydrogen) atoms. The van der Waals surface area contributed by atoms with Crippen LogP contribution in [0.2, 0.25) is 0 Å². The number of rotatable bonds is 3. The number of anilines is 1. The number of hydrogen-bond donors (Lipinski definition) is 0. The summed E-state index contributed by atoms with van der Waals surface area (Å²) in [6, 6.07) is 16.6. The van der Waals surface area contributed by atoms with Crippen molar-refractivity contribution in [1.82, 2.24) is 4.98 Å². The van der Waals surface area contributed by atoms with Crippen molar-refractivity contribution in [2.24, 2.45) is 4.99 Å². The highest BCUT2D eigenvalue weighted by Gasteiger charge is 2.66. The molecule has 1 fully saturated rings. The summed E-state index contributed by atoms with van der Waals surface area (Å²) >= 11 is 0. The zero-order valence-electron chi connectivity index (χ0n) is 13.7. The van der Waals surface area contributed by atoms with Gasteiger partial charge in [-0.25, -0.2) is 4.99 Å². The Morgan fingerprint density at radius 1 is 1.04 bits per heavy atom. The highest BCUT2D eigenvalue weighted by molar-refractivity contribution is 5.98. The van der Waals surface area contributed by atoms with Gasteiger partial charge < -0.3 is 9.64 Å². The minimum atomic E-state index is -0.274. The van der Waals surface area contributed by atoms with Gasteiger partial charge in [-0.2, -0.15) is 0 Å². The maximum atomic E-state index is 5.98. The second-order valence-corrected chi connectivity index (χ2v) is 7.03. The highest BCUT2D eigenvalue weighted by Crippen LogP contribution is 2.57. The number of nitrogens with zero attached hydrogens (tertiary/aromatic N) is 3. The van der Waals surface area contributed by atoms with Crippen molar-refractivity contribution in [1.29, 1.82) is 0 Å². The summed E-state index contributed by atoms with van der Waals surface area (Å²) < 4.78 is 5.98. The molecule has 1 aromatic carbocycles. The molecule has 2 atom stereocenters. The molecule has 1 saturated heterocycles. The van der Waals surface area contributed by atoms with Crippen LogP contribution < -0.4 is 4.90 Å². The molecule has 0 saturated carbocycles. The van der Waals surface area contributed by atoms with Gasteiger partial charge in [-0.3, -0.25) is 4.98 Å². The van der Waals surface area contributed by atoms with Gasteiger partial charge in [-0.15, -0.1) is 0 Å².